The standard InChI is InChI=1S/C20H16BFN3O4P/c1-2-28-19(27)17-18(26)16-12(10-11-23)4-3-5-15(16)25(24-17)13-6-8-14(9-7-13)29-20(21,22)30/h3-9H,2,10,30H2,1H3. The summed E-state index contributed by atoms with van der Waals surface area (Å²) in [4.78, 5) is 25.3. The second kappa shape index (κ2) is 8.64. The topological polar surface area (TPSA) is 94.2 Å². The fourth-order valence-electron chi connectivity index (χ4n) is 2.94. The van der Waals surface area contributed by atoms with Crippen LogP contribution in [0, 0.1) is 11.3 Å². The number of hydrogen-bond acceptors (Lipinski definition) is 6. The molecule has 150 valence electrons. The lowest BCUT2D eigenvalue weighted by Crippen LogP contribution is -2.25. The predicted molar refractivity (Wildman–Crippen MR) is 113 cm³/mol. The van der Waals surface area contributed by atoms with Crippen LogP contribution in [0.15, 0.2) is 47.3 Å². The molecule has 3 aromatic rings. The van der Waals surface area contributed by atoms with E-state index < -0.39 is 22.6 Å². The van der Waals surface area contributed by atoms with Gasteiger partial charge in [0.1, 0.15) is 5.75 Å². The molecule has 2 aromatic carbocycles. The van der Waals surface area contributed by atoms with Crippen molar-refractivity contribution in [1.29, 1.82) is 5.26 Å². The van der Waals surface area contributed by atoms with Crippen molar-refractivity contribution in [2.24, 2.45) is 0 Å². The molecule has 1 aromatic heterocycles. The van der Waals surface area contributed by atoms with Crippen LogP contribution >= 0.6 is 9.24 Å². The summed E-state index contributed by atoms with van der Waals surface area (Å²) in [6.45, 7) is 1.69. The van der Waals surface area contributed by atoms with Crippen LogP contribution in [-0.4, -0.2) is 35.7 Å². The van der Waals surface area contributed by atoms with Gasteiger partial charge >= 0.3 is 5.97 Å². The van der Waals surface area contributed by atoms with Gasteiger partial charge < -0.3 is 9.47 Å². The quantitative estimate of drug-likeness (QED) is 0.344. The fourth-order valence-corrected chi connectivity index (χ4v) is 3.08. The second-order valence-electron chi connectivity index (χ2n) is 6.25. The van der Waals surface area contributed by atoms with E-state index in [1.807, 2.05) is 6.07 Å². The molecule has 0 fully saturated rings. The number of fused-ring (bicyclic) bond motifs is 1. The number of esters is 1. The third-order valence-electron chi connectivity index (χ3n) is 4.09. The summed E-state index contributed by atoms with van der Waals surface area (Å²) in [6, 6.07) is 13.1. The molecule has 0 aliphatic carbocycles. The molecule has 0 bridgehead atoms. The second-order valence-corrected chi connectivity index (χ2v) is 7.04. The maximum absolute atomic E-state index is 13.5. The molecule has 0 aliphatic rings. The van der Waals surface area contributed by atoms with Gasteiger partial charge in [-0.1, -0.05) is 21.4 Å². The fraction of sp³-hybridized carbons (Fsp3) is 0.200. The Morgan fingerprint density at radius 3 is 2.63 bits per heavy atom. The molecule has 2 unspecified atom stereocenters. The predicted octanol–water partition coefficient (Wildman–Crippen LogP) is 2.63. The number of carbonyl (C=O) groups is 1. The molecule has 7 nitrogen and oxygen atoms in total. The number of rotatable bonds is 6. The van der Waals surface area contributed by atoms with Crippen molar-refractivity contribution < 1.29 is 18.7 Å². The maximum atomic E-state index is 13.5. The van der Waals surface area contributed by atoms with Crippen LogP contribution in [0.25, 0.3) is 16.6 Å². The zero-order valence-corrected chi connectivity index (χ0v) is 17.1. The summed E-state index contributed by atoms with van der Waals surface area (Å²) in [5.41, 5.74) is -2.09. The van der Waals surface area contributed by atoms with Crippen molar-refractivity contribution in [2.75, 3.05) is 6.61 Å². The largest absolute Gasteiger partial charge is 0.465 e. The van der Waals surface area contributed by atoms with Crippen LogP contribution in [0.4, 0.5) is 4.39 Å². The van der Waals surface area contributed by atoms with E-state index in [0.29, 0.717) is 16.8 Å². The van der Waals surface area contributed by atoms with E-state index >= 15 is 0 Å². The van der Waals surface area contributed by atoms with Gasteiger partial charge in [-0.05, 0) is 42.8 Å². The van der Waals surface area contributed by atoms with E-state index in [2.05, 4.69) is 5.10 Å². The van der Waals surface area contributed by atoms with Crippen molar-refractivity contribution in [1.82, 2.24) is 9.78 Å². The molecule has 30 heavy (non-hydrogen) atoms. The Kier molecular flexibility index (Phi) is 6.18. The molecule has 0 spiro atoms. The van der Waals surface area contributed by atoms with E-state index in [4.69, 9.17) is 22.6 Å². The molecular weight excluding hydrogens is 407 g/mol. The highest BCUT2D eigenvalue weighted by Gasteiger charge is 2.21. The van der Waals surface area contributed by atoms with Crippen molar-refractivity contribution in [2.45, 2.75) is 18.8 Å². The van der Waals surface area contributed by atoms with Crippen molar-refractivity contribution >= 4 is 34.0 Å². The summed E-state index contributed by atoms with van der Waals surface area (Å²) in [6.07, 6.45) is -0.0190. The van der Waals surface area contributed by atoms with Crippen LogP contribution in [0.2, 0.25) is 0 Å². The number of nitrogens with zero attached hydrogens (tertiary/aromatic N) is 3. The van der Waals surface area contributed by atoms with Gasteiger partial charge in [-0.25, -0.2) is 13.9 Å². The van der Waals surface area contributed by atoms with Crippen molar-refractivity contribution in [3.8, 4) is 17.5 Å². The Bertz CT molecular complexity index is 1200. The van der Waals surface area contributed by atoms with E-state index in [0.717, 1.165) is 0 Å². The van der Waals surface area contributed by atoms with E-state index in [-0.39, 0.29) is 24.2 Å². The van der Waals surface area contributed by atoms with Crippen LogP contribution in [0.5, 0.6) is 5.75 Å². The number of carbonyl (C=O) groups excluding carboxylic acids is 1. The van der Waals surface area contributed by atoms with Crippen LogP contribution in [-0.2, 0) is 11.2 Å². The first kappa shape index (κ1) is 21.5. The minimum absolute atomic E-state index is 0.0190. The number of ether oxygens (including phenoxy) is 2. The van der Waals surface area contributed by atoms with Gasteiger partial charge in [-0.3, -0.25) is 4.79 Å². The first-order valence-electron chi connectivity index (χ1n) is 8.90. The smallest absolute Gasteiger partial charge is 0.362 e. The van der Waals surface area contributed by atoms with Gasteiger partial charge in [0.2, 0.25) is 16.6 Å². The lowest BCUT2D eigenvalue weighted by atomic mass is 10.0. The van der Waals surface area contributed by atoms with Crippen molar-refractivity contribution in [3.05, 3.63) is 63.9 Å². The molecule has 2 radical (unpaired) electrons. The molecule has 0 saturated carbocycles. The zero-order valence-electron chi connectivity index (χ0n) is 16.0. The van der Waals surface area contributed by atoms with Gasteiger partial charge in [0.05, 0.1) is 35.7 Å². The van der Waals surface area contributed by atoms with Gasteiger partial charge in [0.25, 0.3) is 0 Å². The minimum Gasteiger partial charge on any atom is -0.465 e. The Labute approximate surface area is 175 Å². The summed E-state index contributed by atoms with van der Waals surface area (Å²) >= 11 is 0. The van der Waals surface area contributed by atoms with Crippen LogP contribution in [0.1, 0.15) is 23.0 Å². The third-order valence-corrected chi connectivity index (χ3v) is 4.21. The Morgan fingerprint density at radius 2 is 2.03 bits per heavy atom. The molecule has 0 saturated heterocycles. The Balaban J connectivity index is 2.24. The molecule has 2 atom stereocenters. The maximum Gasteiger partial charge on any atom is 0.362 e. The Hall–Kier alpha value is -3.24. The van der Waals surface area contributed by atoms with Gasteiger partial charge in [0, 0.05) is 0 Å². The minimum atomic E-state index is -2.42. The lowest BCUT2D eigenvalue weighted by Gasteiger charge is -2.18. The number of hydrogen-bond donors (Lipinski definition) is 0. The molecule has 1 heterocycles. The normalized spacial score (nSPS) is 12.7. The summed E-state index contributed by atoms with van der Waals surface area (Å²) in [5, 5.41) is 13.5. The highest BCUT2D eigenvalue weighted by molar-refractivity contribution is 7.21. The van der Waals surface area contributed by atoms with Crippen molar-refractivity contribution in [3.63, 3.8) is 0 Å². The molecule has 0 aliphatic heterocycles. The SMILES string of the molecule is [B]C(F)(P)Oc1ccc(-n2nc(C(=O)OCC)c(=O)c3c(CC#N)cccc32)cc1. The number of alkyl halides is 1. The number of halogens is 1. The third kappa shape index (κ3) is 4.50. The average molecular weight is 423 g/mol. The van der Waals surface area contributed by atoms with E-state index in [1.54, 1.807) is 46.5 Å². The molecule has 0 amide bonds. The Morgan fingerprint density at radius 1 is 1.33 bits per heavy atom. The average Bonchev–Trinajstić information content (AvgIpc) is 2.68. The first-order valence-corrected chi connectivity index (χ1v) is 9.48. The molecule has 10 heteroatoms. The monoisotopic (exact) mass is 423 g/mol. The highest BCUT2D eigenvalue weighted by atomic mass is 31.0. The lowest BCUT2D eigenvalue weighted by molar-refractivity contribution is 0.0516. The van der Waals surface area contributed by atoms with E-state index in [1.165, 1.54) is 16.8 Å². The summed E-state index contributed by atoms with van der Waals surface area (Å²) < 4.78 is 24.8. The van der Waals surface area contributed by atoms with Gasteiger partial charge in [-0.2, -0.15) is 10.4 Å². The summed E-state index contributed by atoms with van der Waals surface area (Å²) in [5.74, 6) is -0.696. The van der Waals surface area contributed by atoms with Crippen LogP contribution < -0.4 is 10.2 Å². The number of benzene rings is 2. The number of nitriles is 1. The van der Waals surface area contributed by atoms with Crippen LogP contribution in [0.3, 0.4) is 0 Å². The summed E-state index contributed by atoms with van der Waals surface area (Å²) in [7, 11) is 6.90. The molecule has 3 rings (SSSR count). The molecule has 0 N–H and O–H groups in total. The van der Waals surface area contributed by atoms with Gasteiger partial charge in [0.15, 0.2) is 7.85 Å². The van der Waals surface area contributed by atoms with E-state index in [9.17, 15) is 14.0 Å². The van der Waals surface area contributed by atoms with Gasteiger partial charge in [-0.15, -0.1) is 0 Å². The number of aromatic nitrogens is 2. The zero-order chi connectivity index (χ0) is 21.9. The first-order chi connectivity index (χ1) is 14.2. The molecular formula is C20H16BFN3O4P. The highest BCUT2D eigenvalue weighted by Crippen LogP contribution is 2.25.